The van der Waals surface area contributed by atoms with Crippen LogP contribution in [0.5, 0.6) is 0 Å². The molecule has 0 radical (unpaired) electrons. The predicted molar refractivity (Wildman–Crippen MR) is 92.4 cm³/mol. The minimum absolute atomic E-state index is 0.0891. The Labute approximate surface area is 141 Å². The number of aromatic amines is 2. The van der Waals surface area contributed by atoms with Crippen LogP contribution in [0.15, 0.2) is 18.2 Å². The smallest absolute Gasteiger partial charge is 0.199 e. The Morgan fingerprint density at radius 3 is 1.42 bits per heavy atom. The van der Waals surface area contributed by atoms with Gasteiger partial charge in [-0.25, -0.2) is 15.0 Å². The number of H-pyrrole nitrogens is 2. The summed E-state index contributed by atoms with van der Waals surface area (Å²) in [4.78, 5) is 13.7. The van der Waals surface area contributed by atoms with E-state index in [4.69, 9.17) is 0 Å². The van der Waals surface area contributed by atoms with Crippen molar-refractivity contribution in [1.82, 2.24) is 35.3 Å². The number of hydrogen-bond donors (Lipinski definition) is 2. The van der Waals surface area contributed by atoms with Gasteiger partial charge in [0, 0.05) is 10.8 Å². The first kappa shape index (κ1) is 16.3. The first-order valence-electron chi connectivity index (χ1n) is 7.98. The van der Waals surface area contributed by atoms with Crippen molar-refractivity contribution in [2.24, 2.45) is 0 Å². The molecule has 2 N–H and O–H groups in total. The highest BCUT2D eigenvalue weighted by molar-refractivity contribution is 5.57. The molecule has 0 aromatic carbocycles. The monoisotopic (exact) mass is 325 g/mol. The van der Waals surface area contributed by atoms with Crippen LogP contribution in [0, 0.1) is 0 Å². The number of hydrogen-bond acceptors (Lipinski definition) is 5. The molecule has 3 rings (SSSR count). The van der Waals surface area contributed by atoms with Crippen LogP contribution in [0.1, 0.15) is 53.2 Å². The van der Waals surface area contributed by atoms with Crippen molar-refractivity contribution < 1.29 is 0 Å². The molecular weight excluding hydrogens is 302 g/mol. The minimum atomic E-state index is -0.0891. The summed E-state index contributed by atoms with van der Waals surface area (Å²) in [6.07, 6.45) is 0. The second-order valence-corrected chi connectivity index (χ2v) is 7.92. The van der Waals surface area contributed by atoms with E-state index in [1.165, 1.54) is 0 Å². The molecule has 0 fully saturated rings. The van der Waals surface area contributed by atoms with E-state index in [1.807, 2.05) is 18.2 Å². The van der Waals surface area contributed by atoms with E-state index < -0.39 is 0 Å². The van der Waals surface area contributed by atoms with Gasteiger partial charge in [0.05, 0.1) is 0 Å². The third-order valence-corrected chi connectivity index (χ3v) is 3.60. The molecule has 24 heavy (non-hydrogen) atoms. The van der Waals surface area contributed by atoms with Crippen LogP contribution in [0.25, 0.3) is 23.0 Å². The van der Waals surface area contributed by atoms with E-state index in [0.29, 0.717) is 23.0 Å². The van der Waals surface area contributed by atoms with Gasteiger partial charge >= 0.3 is 0 Å². The van der Waals surface area contributed by atoms with Crippen molar-refractivity contribution in [1.29, 1.82) is 0 Å². The summed E-state index contributed by atoms with van der Waals surface area (Å²) in [5.41, 5.74) is 1.21. The Kier molecular flexibility index (Phi) is 3.74. The summed E-state index contributed by atoms with van der Waals surface area (Å²) < 4.78 is 0. The number of nitrogens with zero attached hydrogens (tertiary/aromatic N) is 5. The molecule has 0 bridgehead atoms. The van der Waals surface area contributed by atoms with Crippen LogP contribution in [0.4, 0.5) is 0 Å². The van der Waals surface area contributed by atoms with Gasteiger partial charge in [-0.2, -0.15) is 10.2 Å². The molecule has 0 aliphatic carbocycles. The van der Waals surface area contributed by atoms with Gasteiger partial charge in [-0.15, -0.1) is 0 Å². The van der Waals surface area contributed by atoms with Gasteiger partial charge in [0.1, 0.15) is 23.0 Å². The second-order valence-electron chi connectivity index (χ2n) is 7.92. The minimum Gasteiger partial charge on any atom is -0.262 e. The first-order valence-corrected chi connectivity index (χ1v) is 7.98. The van der Waals surface area contributed by atoms with Gasteiger partial charge < -0.3 is 0 Å². The Bertz CT molecular complexity index is 779. The van der Waals surface area contributed by atoms with E-state index >= 15 is 0 Å². The quantitative estimate of drug-likeness (QED) is 0.754. The molecule has 3 heterocycles. The Morgan fingerprint density at radius 1 is 0.667 bits per heavy atom. The fourth-order valence-corrected chi connectivity index (χ4v) is 2.11. The molecule has 0 spiro atoms. The largest absolute Gasteiger partial charge is 0.262 e. The average molecular weight is 325 g/mol. The van der Waals surface area contributed by atoms with Crippen LogP contribution in [-0.2, 0) is 10.8 Å². The zero-order chi connectivity index (χ0) is 17.5. The van der Waals surface area contributed by atoms with Crippen molar-refractivity contribution in [3.05, 3.63) is 29.8 Å². The molecule has 0 saturated heterocycles. The summed E-state index contributed by atoms with van der Waals surface area (Å²) in [5, 5.41) is 14.5. The van der Waals surface area contributed by atoms with Crippen LogP contribution in [0.2, 0.25) is 0 Å². The van der Waals surface area contributed by atoms with E-state index in [-0.39, 0.29) is 10.8 Å². The lowest BCUT2D eigenvalue weighted by Crippen LogP contribution is -2.13. The lowest BCUT2D eigenvalue weighted by molar-refractivity contribution is 0.548. The normalized spacial score (nSPS) is 12.6. The molecule has 126 valence electrons. The molecular formula is C17H23N7. The van der Waals surface area contributed by atoms with E-state index in [2.05, 4.69) is 76.9 Å². The third kappa shape index (κ3) is 3.20. The zero-order valence-electron chi connectivity index (χ0n) is 15.0. The lowest BCUT2D eigenvalue weighted by atomic mass is 9.96. The maximum absolute atomic E-state index is 4.61. The summed E-state index contributed by atoms with van der Waals surface area (Å²) in [5.74, 6) is 2.82. The van der Waals surface area contributed by atoms with Gasteiger partial charge in [-0.3, -0.25) is 10.2 Å². The van der Waals surface area contributed by atoms with Gasteiger partial charge in [-0.05, 0) is 12.1 Å². The van der Waals surface area contributed by atoms with E-state index in [9.17, 15) is 0 Å². The number of rotatable bonds is 2. The molecule has 0 amide bonds. The van der Waals surface area contributed by atoms with Crippen molar-refractivity contribution in [3.63, 3.8) is 0 Å². The Hall–Kier alpha value is -2.57. The topological polar surface area (TPSA) is 96.0 Å². The molecule has 7 nitrogen and oxygen atoms in total. The summed E-state index contributed by atoms with van der Waals surface area (Å²) in [7, 11) is 0. The van der Waals surface area contributed by atoms with Crippen LogP contribution in [-0.4, -0.2) is 35.3 Å². The second kappa shape index (κ2) is 5.51. The van der Waals surface area contributed by atoms with Crippen molar-refractivity contribution in [3.8, 4) is 23.0 Å². The zero-order valence-corrected chi connectivity index (χ0v) is 15.0. The molecule has 3 aromatic rings. The molecule has 0 aliphatic heterocycles. The van der Waals surface area contributed by atoms with Crippen LogP contribution < -0.4 is 0 Å². The van der Waals surface area contributed by atoms with Crippen molar-refractivity contribution in [2.75, 3.05) is 0 Å². The highest BCUT2D eigenvalue weighted by atomic mass is 15.2. The fourth-order valence-electron chi connectivity index (χ4n) is 2.11. The third-order valence-electron chi connectivity index (χ3n) is 3.60. The summed E-state index contributed by atoms with van der Waals surface area (Å²) in [6, 6.07) is 5.69. The van der Waals surface area contributed by atoms with Crippen molar-refractivity contribution in [2.45, 2.75) is 52.4 Å². The maximum Gasteiger partial charge on any atom is 0.199 e. The van der Waals surface area contributed by atoms with Crippen molar-refractivity contribution >= 4 is 0 Å². The summed E-state index contributed by atoms with van der Waals surface area (Å²) >= 11 is 0. The molecule has 0 unspecified atom stereocenters. The van der Waals surface area contributed by atoms with Crippen LogP contribution >= 0.6 is 0 Å². The SMILES string of the molecule is CC(C)(C)c1nc(-c2cccc(-c3n[nH]c(C(C)(C)C)n3)n2)n[nH]1. The Balaban J connectivity index is 1.95. The molecule has 0 aliphatic rings. The first-order chi connectivity index (χ1) is 11.1. The van der Waals surface area contributed by atoms with Gasteiger partial charge in [0.15, 0.2) is 11.6 Å². The number of pyridine rings is 1. The maximum atomic E-state index is 4.61. The molecule has 0 saturated carbocycles. The average Bonchev–Trinajstić information content (AvgIpc) is 3.16. The van der Waals surface area contributed by atoms with Crippen LogP contribution in [0.3, 0.4) is 0 Å². The standard InChI is InChI=1S/C17H23N7/c1-16(2,3)14-19-12(21-23-14)10-8-7-9-11(18-10)13-20-15(24-22-13)17(4,5)6/h7-9H,1-6H3,(H,19,21,23)(H,20,22,24). The molecule has 7 heteroatoms. The highest BCUT2D eigenvalue weighted by Gasteiger charge is 2.21. The fraction of sp³-hybridized carbons (Fsp3) is 0.471. The van der Waals surface area contributed by atoms with E-state index in [1.54, 1.807) is 0 Å². The van der Waals surface area contributed by atoms with E-state index in [0.717, 1.165) is 11.6 Å². The van der Waals surface area contributed by atoms with Gasteiger partial charge in [-0.1, -0.05) is 47.6 Å². The molecule has 0 atom stereocenters. The van der Waals surface area contributed by atoms with Gasteiger partial charge in [0.25, 0.3) is 0 Å². The molecule has 3 aromatic heterocycles. The number of aromatic nitrogens is 7. The lowest BCUT2D eigenvalue weighted by Gasteiger charge is -2.12. The number of nitrogens with one attached hydrogen (secondary N) is 2. The Morgan fingerprint density at radius 2 is 1.08 bits per heavy atom. The van der Waals surface area contributed by atoms with Gasteiger partial charge in [0.2, 0.25) is 0 Å². The summed E-state index contributed by atoms with van der Waals surface area (Å²) in [6.45, 7) is 12.5. The predicted octanol–water partition coefficient (Wildman–Crippen LogP) is 3.25. The highest BCUT2D eigenvalue weighted by Crippen LogP contribution is 2.24.